The number of halogens is 1. The second kappa shape index (κ2) is 4.53. The topological polar surface area (TPSA) is 25.2 Å². The molecule has 1 aromatic rings. The average Bonchev–Trinajstić information content (AvgIpc) is 2.58. The molecule has 0 spiro atoms. The van der Waals surface area contributed by atoms with Gasteiger partial charge in [-0.25, -0.2) is 0 Å². The van der Waals surface area contributed by atoms with Gasteiger partial charge in [-0.2, -0.15) is 0 Å². The normalized spacial score (nSPS) is 18.7. The molecule has 0 aliphatic carbocycles. The smallest absolute Gasteiger partial charge is 0.0937 e. The van der Waals surface area contributed by atoms with E-state index in [4.69, 9.17) is 4.42 Å². The van der Waals surface area contributed by atoms with E-state index in [1.807, 2.05) is 6.26 Å². The highest BCUT2D eigenvalue weighted by Crippen LogP contribution is 2.24. The number of piperidine rings is 1. The molecule has 1 saturated heterocycles. The third-order valence-electron chi connectivity index (χ3n) is 2.35. The van der Waals surface area contributed by atoms with E-state index >= 15 is 0 Å². The highest BCUT2D eigenvalue weighted by molar-refractivity contribution is 5.85. The van der Waals surface area contributed by atoms with Crippen molar-refractivity contribution in [2.75, 3.05) is 13.1 Å². The molecule has 0 unspecified atom stereocenters. The Bertz CT molecular complexity index is 204. The lowest BCUT2D eigenvalue weighted by molar-refractivity contribution is 0.455. The molecule has 2 rings (SSSR count). The van der Waals surface area contributed by atoms with Gasteiger partial charge in [0.15, 0.2) is 0 Å². The number of nitrogens with one attached hydrogen (secondary N) is 1. The molecule has 0 bridgehead atoms. The van der Waals surface area contributed by atoms with Crippen molar-refractivity contribution in [1.82, 2.24) is 5.32 Å². The summed E-state index contributed by atoms with van der Waals surface area (Å²) in [4.78, 5) is 0. The van der Waals surface area contributed by atoms with Gasteiger partial charge in [-0.3, -0.25) is 0 Å². The van der Waals surface area contributed by atoms with Gasteiger partial charge in [0, 0.05) is 0 Å². The van der Waals surface area contributed by atoms with E-state index < -0.39 is 0 Å². The van der Waals surface area contributed by atoms with Crippen molar-refractivity contribution >= 4 is 12.4 Å². The standard InChI is InChI=1S/C9H13NO.ClH/c1-4-10-5-2-8(1)9-3-6-11-7-9;/h3,6-8,10H,1-2,4-5H2;1H. The minimum Gasteiger partial charge on any atom is -0.472 e. The number of hydrogen-bond acceptors (Lipinski definition) is 2. The number of furan rings is 1. The van der Waals surface area contributed by atoms with Crippen molar-refractivity contribution in [2.45, 2.75) is 18.8 Å². The van der Waals surface area contributed by atoms with Crippen molar-refractivity contribution in [3.63, 3.8) is 0 Å². The van der Waals surface area contributed by atoms with Crippen LogP contribution in [0.3, 0.4) is 0 Å². The fourth-order valence-corrected chi connectivity index (χ4v) is 1.66. The first-order valence-electron chi connectivity index (χ1n) is 4.19. The van der Waals surface area contributed by atoms with Crippen molar-refractivity contribution in [2.24, 2.45) is 0 Å². The lowest BCUT2D eigenvalue weighted by atomic mass is 9.92. The molecule has 1 N–H and O–H groups in total. The van der Waals surface area contributed by atoms with Crippen LogP contribution in [0.1, 0.15) is 24.3 Å². The van der Waals surface area contributed by atoms with Crippen LogP contribution in [-0.4, -0.2) is 13.1 Å². The summed E-state index contributed by atoms with van der Waals surface area (Å²) in [5.41, 5.74) is 1.37. The summed E-state index contributed by atoms with van der Waals surface area (Å²) >= 11 is 0. The first-order chi connectivity index (χ1) is 5.47. The van der Waals surface area contributed by atoms with Gasteiger partial charge in [-0.15, -0.1) is 12.4 Å². The minimum absolute atomic E-state index is 0. The molecule has 68 valence electrons. The van der Waals surface area contributed by atoms with Gasteiger partial charge in [0.05, 0.1) is 12.5 Å². The molecule has 0 saturated carbocycles. The molecule has 1 aliphatic heterocycles. The Kier molecular flexibility index (Phi) is 3.63. The second-order valence-corrected chi connectivity index (χ2v) is 3.08. The summed E-state index contributed by atoms with van der Waals surface area (Å²) < 4.78 is 5.05. The van der Waals surface area contributed by atoms with Crippen molar-refractivity contribution in [1.29, 1.82) is 0 Å². The number of hydrogen-bond donors (Lipinski definition) is 1. The van der Waals surface area contributed by atoms with E-state index in [0.29, 0.717) is 0 Å². The van der Waals surface area contributed by atoms with Gasteiger partial charge in [0.1, 0.15) is 0 Å². The summed E-state index contributed by atoms with van der Waals surface area (Å²) in [5, 5.41) is 3.35. The first-order valence-corrected chi connectivity index (χ1v) is 4.19. The van der Waals surface area contributed by atoms with Gasteiger partial charge in [-0.1, -0.05) is 0 Å². The van der Waals surface area contributed by atoms with Gasteiger partial charge in [0.2, 0.25) is 0 Å². The predicted molar refractivity (Wildman–Crippen MR) is 50.8 cm³/mol. The van der Waals surface area contributed by atoms with Crippen LogP contribution in [0.2, 0.25) is 0 Å². The van der Waals surface area contributed by atoms with E-state index in [2.05, 4.69) is 11.4 Å². The summed E-state index contributed by atoms with van der Waals surface area (Å²) in [6.45, 7) is 2.30. The molecule has 2 heterocycles. The fraction of sp³-hybridized carbons (Fsp3) is 0.556. The van der Waals surface area contributed by atoms with Crippen LogP contribution in [0.5, 0.6) is 0 Å². The predicted octanol–water partition coefficient (Wildman–Crippen LogP) is 2.17. The average molecular weight is 188 g/mol. The van der Waals surface area contributed by atoms with Crippen LogP contribution < -0.4 is 5.32 Å². The molecule has 1 aromatic heterocycles. The lowest BCUT2D eigenvalue weighted by Crippen LogP contribution is -2.26. The molecule has 0 radical (unpaired) electrons. The Hall–Kier alpha value is -0.470. The molecule has 3 heteroatoms. The van der Waals surface area contributed by atoms with Gasteiger partial charge in [0.25, 0.3) is 0 Å². The zero-order valence-corrected chi connectivity index (χ0v) is 7.77. The highest BCUT2D eigenvalue weighted by atomic mass is 35.5. The SMILES string of the molecule is Cl.c1cc(C2CCNCC2)co1. The van der Waals surface area contributed by atoms with E-state index in [1.165, 1.54) is 18.4 Å². The zero-order valence-electron chi connectivity index (χ0n) is 6.95. The van der Waals surface area contributed by atoms with Gasteiger partial charge in [-0.05, 0) is 43.5 Å². The van der Waals surface area contributed by atoms with Crippen LogP contribution in [0.4, 0.5) is 0 Å². The Labute approximate surface area is 78.7 Å². The fourth-order valence-electron chi connectivity index (χ4n) is 1.66. The Balaban J connectivity index is 0.000000720. The first kappa shape index (κ1) is 9.62. The van der Waals surface area contributed by atoms with E-state index in [1.54, 1.807) is 6.26 Å². The van der Waals surface area contributed by atoms with E-state index in [-0.39, 0.29) is 12.4 Å². The quantitative estimate of drug-likeness (QED) is 0.729. The molecular formula is C9H14ClNO. The highest BCUT2D eigenvalue weighted by Gasteiger charge is 2.15. The van der Waals surface area contributed by atoms with Gasteiger partial charge < -0.3 is 9.73 Å². The molecule has 2 nitrogen and oxygen atoms in total. The molecule has 1 fully saturated rings. The monoisotopic (exact) mass is 187 g/mol. The zero-order chi connectivity index (χ0) is 7.52. The second-order valence-electron chi connectivity index (χ2n) is 3.08. The summed E-state index contributed by atoms with van der Waals surface area (Å²) in [6.07, 6.45) is 6.13. The van der Waals surface area contributed by atoms with Crippen LogP contribution in [0, 0.1) is 0 Å². The van der Waals surface area contributed by atoms with Crippen LogP contribution >= 0.6 is 12.4 Å². The summed E-state index contributed by atoms with van der Waals surface area (Å²) in [7, 11) is 0. The van der Waals surface area contributed by atoms with E-state index in [0.717, 1.165) is 19.0 Å². The Morgan fingerprint density at radius 3 is 2.67 bits per heavy atom. The largest absolute Gasteiger partial charge is 0.472 e. The maximum absolute atomic E-state index is 5.05. The van der Waals surface area contributed by atoms with E-state index in [9.17, 15) is 0 Å². The molecular weight excluding hydrogens is 174 g/mol. The minimum atomic E-state index is 0. The Morgan fingerprint density at radius 1 is 1.33 bits per heavy atom. The van der Waals surface area contributed by atoms with Crippen molar-refractivity contribution < 1.29 is 4.42 Å². The van der Waals surface area contributed by atoms with Crippen LogP contribution in [-0.2, 0) is 0 Å². The third kappa shape index (κ3) is 2.02. The summed E-state index contributed by atoms with van der Waals surface area (Å²) in [6, 6.07) is 2.08. The molecule has 0 aromatic carbocycles. The van der Waals surface area contributed by atoms with Crippen LogP contribution in [0.25, 0.3) is 0 Å². The van der Waals surface area contributed by atoms with Gasteiger partial charge >= 0.3 is 0 Å². The number of rotatable bonds is 1. The molecule has 12 heavy (non-hydrogen) atoms. The lowest BCUT2D eigenvalue weighted by Gasteiger charge is -2.20. The molecule has 0 atom stereocenters. The molecule has 1 aliphatic rings. The third-order valence-corrected chi connectivity index (χ3v) is 2.35. The maximum atomic E-state index is 5.05. The summed E-state index contributed by atoms with van der Waals surface area (Å²) in [5.74, 6) is 0.731. The van der Waals surface area contributed by atoms with Crippen LogP contribution in [0.15, 0.2) is 23.0 Å². The molecule has 0 amide bonds. The van der Waals surface area contributed by atoms with Crippen molar-refractivity contribution in [3.8, 4) is 0 Å². The van der Waals surface area contributed by atoms with Crippen molar-refractivity contribution in [3.05, 3.63) is 24.2 Å². The maximum Gasteiger partial charge on any atom is 0.0937 e. The Morgan fingerprint density at radius 2 is 2.08 bits per heavy atom.